The number of hydrogen-bond donors (Lipinski definition) is 0. The van der Waals surface area contributed by atoms with Crippen molar-refractivity contribution in [1.29, 1.82) is 0 Å². The second kappa shape index (κ2) is 4.62. The minimum absolute atomic E-state index is 0.780. The van der Waals surface area contributed by atoms with Crippen LogP contribution in [0.4, 0.5) is 0 Å². The Bertz CT molecular complexity index is 894. The van der Waals surface area contributed by atoms with Crippen molar-refractivity contribution in [2.24, 2.45) is 0 Å². The van der Waals surface area contributed by atoms with Crippen molar-refractivity contribution in [2.45, 2.75) is 6.54 Å². The van der Waals surface area contributed by atoms with Gasteiger partial charge in [0, 0.05) is 28.7 Å². The van der Waals surface area contributed by atoms with E-state index in [1.54, 1.807) is 11.3 Å². The lowest BCUT2D eigenvalue weighted by molar-refractivity contribution is 0.803. The van der Waals surface area contributed by atoms with Crippen LogP contribution >= 0.6 is 22.9 Å². The molecule has 98 valence electrons. The Morgan fingerprint density at radius 1 is 1.15 bits per heavy atom. The van der Waals surface area contributed by atoms with Gasteiger partial charge in [0.25, 0.3) is 0 Å². The monoisotopic (exact) mass is 298 g/mol. The maximum Gasteiger partial charge on any atom is 0.0949 e. The zero-order chi connectivity index (χ0) is 13.5. The standard InChI is InChI=1S/C16H11ClN2S/c17-13-1-2-14-11(8-13)7-12(9-19-5-4-18-10-19)15-3-6-20-16(14)15/h1-8,10H,9H2. The van der Waals surface area contributed by atoms with Gasteiger partial charge in [-0.1, -0.05) is 17.7 Å². The molecule has 2 heterocycles. The lowest BCUT2D eigenvalue weighted by Crippen LogP contribution is -1.97. The van der Waals surface area contributed by atoms with Crippen LogP contribution in [0.5, 0.6) is 0 Å². The van der Waals surface area contributed by atoms with Crippen molar-refractivity contribution in [1.82, 2.24) is 9.55 Å². The second-order valence-corrected chi connectivity index (χ2v) is 6.15. The molecule has 4 heteroatoms. The van der Waals surface area contributed by atoms with E-state index in [1.807, 2.05) is 30.9 Å². The number of fused-ring (bicyclic) bond motifs is 3. The van der Waals surface area contributed by atoms with Gasteiger partial charge in [0.05, 0.1) is 6.33 Å². The van der Waals surface area contributed by atoms with Crippen molar-refractivity contribution in [3.63, 3.8) is 0 Å². The summed E-state index contributed by atoms with van der Waals surface area (Å²) < 4.78 is 3.41. The van der Waals surface area contributed by atoms with Crippen LogP contribution in [0, 0.1) is 0 Å². The number of aromatic nitrogens is 2. The van der Waals surface area contributed by atoms with Crippen LogP contribution < -0.4 is 0 Å². The zero-order valence-electron chi connectivity index (χ0n) is 10.6. The highest BCUT2D eigenvalue weighted by Gasteiger charge is 2.08. The Labute approximate surface area is 125 Å². The predicted molar refractivity (Wildman–Crippen MR) is 85.7 cm³/mol. The van der Waals surface area contributed by atoms with Crippen LogP contribution in [0.1, 0.15) is 5.56 Å². The Morgan fingerprint density at radius 3 is 2.95 bits per heavy atom. The van der Waals surface area contributed by atoms with E-state index < -0.39 is 0 Å². The molecule has 0 bridgehead atoms. The Balaban J connectivity index is 2.00. The van der Waals surface area contributed by atoms with E-state index in [1.165, 1.54) is 26.4 Å². The summed E-state index contributed by atoms with van der Waals surface area (Å²) in [6.07, 6.45) is 5.64. The Morgan fingerprint density at radius 2 is 2.10 bits per heavy atom. The maximum absolute atomic E-state index is 6.13. The largest absolute Gasteiger partial charge is 0.333 e. The van der Waals surface area contributed by atoms with E-state index in [-0.39, 0.29) is 0 Å². The molecule has 0 atom stereocenters. The molecule has 2 aromatic heterocycles. The smallest absolute Gasteiger partial charge is 0.0949 e. The van der Waals surface area contributed by atoms with Gasteiger partial charge in [0.1, 0.15) is 0 Å². The molecule has 0 radical (unpaired) electrons. The third-order valence-electron chi connectivity index (χ3n) is 3.51. The van der Waals surface area contributed by atoms with Gasteiger partial charge in [0.2, 0.25) is 0 Å². The molecule has 0 saturated heterocycles. The van der Waals surface area contributed by atoms with Crippen LogP contribution in [-0.2, 0) is 6.54 Å². The number of thiophene rings is 1. The normalized spacial score (nSPS) is 11.4. The molecule has 0 aliphatic heterocycles. The molecular formula is C16H11ClN2S. The molecule has 0 aliphatic rings. The quantitative estimate of drug-likeness (QED) is 0.512. The van der Waals surface area contributed by atoms with Gasteiger partial charge in [-0.25, -0.2) is 4.98 Å². The number of benzene rings is 2. The minimum Gasteiger partial charge on any atom is -0.333 e. The van der Waals surface area contributed by atoms with Crippen LogP contribution in [-0.4, -0.2) is 9.55 Å². The van der Waals surface area contributed by atoms with Crippen LogP contribution in [0.15, 0.2) is 54.4 Å². The highest BCUT2D eigenvalue weighted by atomic mass is 35.5. The summed E-state index contributed by atoms with van der Waals surface area (Å²) in [7, 11) is 0. The number of hydrogen-bond acceptors (Lipinski definition) is 2. The van der Waals surface area contributed by atoms with Crippen molar-refractivity contribution in [3.05, 3.63) is 65.0 Å². The molecule has 0 N–H and O–H groups in total. The van der Waals surface area contributed by atoms with Gasteiger partial charge in [-0.2, -0.15) is 0 Å². The highest BCUT2D eigenvalue weighted by molar-refractivity contribution is 7.18. The molecule has 0 spiro atoms. The van der Waals surface area contributed by atoms with E-state index in [0.29, 0.717) is 0 Å². The zero-order valence-corrected chi connectivity index (χ0v) is 12.2. The number of nitrogens with zero attached hydrogens (tertiary/aromatic N) is 2. The third kappa shape index (κ3) is 1.90. The summed E-state index contributed by atoms with van der Waals surface area (Å²) in [4.78, 5) is 4.11. The Kier molecular flexibility index (Phi) is 2.76. The Hall–Kier alpha value is -1.84. The topological polar surface area (TPSA) is 17.8 Å². The number of imidazole rings is 1. The summed E-state index contributed by atoms with van der Waals surface area (Å²) >= 11 is 7.91. The van der Waals surface area contributed by atoms with Gasteiger partial charge in [-0.15, -0.1) is 11.3 Å². The first kappa shape index (κ1) is 11.9. The summed E-state index contributed by atoms with van der Waals surface area (Å²) in [5.74, 6) is 0. The lowest BCUT2D eigenvalue weighted by Gasteiger charge is -2.08. The minimum atomic E-state index is 0.780. The van der Waals surface area contributed by atoms with E-state index >= 15 is 0 Å². The van der Waals surface area contributed by atoms with Crippen molar-refractivity contribution in [3.8, 4) is 0 Å². The average Bonchev–Trinajstić information content (AvgIpc) is 3.08. The summed E-state index contributed by atoms with van der Waals surface area (Å²) in [6.45, 7) is 0.829. The van der Waals surface area contributed by atoms with Crippen molar-refractivity contribution >= 4 is 43.8 Å². The molecule has 20 heavy (non-hydrogen) atoms. The SMILES string of the molecule is Clc1ccc2c(c1)cc(Cn1ccnc1)c1ccsc12. The molecule has 0 aliphatic carbocycles. The summed E-state index contributed by atoms with van der Waals surface area (Å²) in [5.41, 5.74) is 1.30. The van der Waals surface area contributed by atoms with Crippen molar-refractivity contribution < 1.29 is 0 Å². The second-order valence-electron chi connectivity index (χ2n) is 4.80. The molecule has 2 aromatic carbocycles. The lowest BCUT2D eigenvalue weighted by atomic mass is 10.0. The van der Waals surface area contributed by atoms with E-state index in [9.17, 15) is 0 Å². The fourth-order valence-electron chi connectivity index (χ4n) is 2.60. The van der Waals surface area contributed by atoms with E-state index in [4.69, 9.17) is 11.6 Å². The highest BCUT2D eigenvalue weighted by Crippen LogP contribution is 2.34. The van der Waals surface area contributed by atoms with Gasteiger partial charge in [-0.3, -0.25) is 0 Å². The fourth-order valence-corrected chi connectivity index (χ4v) is 3.76. The van der Waals surface area contributed by atoms with Gasteiger partial charge >= 0.3 is 0 Å². The van der Waals surface area contributed by atoms with Gasteiger partial charge < -0.3 is 4.57 Å². The first-order chi connectivity index (χ1) is 9.81. The summed E-state index contributed by atoms with van der Waals surface area (Å²) in [5, 5.41) is 6.72. The van der Waals surface area contributed by atoms with Gasteiger partial charge in [0.15, 0.2) is 0 Å². The molecule has 0 saturated carbocycles. The van der Waals surface area contributed by atoms with E-state index in [2.05, 4.69) is 33.1 Å². The first-order valence-corrected chi connectivity index (χ1v) is 7.61. The van der Waals surface area contributed by atoms with Gasteiger partial charge in [-0.05, 0) is 51.4 Å². The van der Waals surface area contributed by atoms with Crippen LogP contribution in [0.25, 0.3) is 20.9 Å². The van der Waals surface area contributed by atoms with E-state index in [0.717, 1.165) is 11.6 Å². The fraction of sp³-hybridized carbons (Fsp3) is 0.0625. The molecule has 4 aromatic rings. The molecular weight excluding hydrogens is 288 g/mol. The number of rotatable bonds is 2. The molecule has 2 nitrogen and oxygen atoms in total. The summed E-state index contributed by atoms with van der Waals surface area (Å²) in [6, 6.07) is 10.5. The molecule has 0 amide bonds. The van der Waals surface area contributed by atoms with Crippen LogP contribution in [0.2, 0.25) is 5.02 Å². The first-order valence-electron chi connectivity index (χ1n) is 6.35. The molecule has 4 rings (SSSR count). The molecule has 0 fully saturated rings. The van der Waals surface area contributed by atoms with Crippen LogP contribution in [0.3, 0.4) is 0 Å². The predicted octanol–water partition coefficient (Wildman–Crippen LogP) is 4.95. The number of halogens is 1. The third-order valence-corrected chi connectivity index (χ3v) is 4.69. The average molecular weight is 299 g/mol. The maximum atomic E-state index is 6.13. The van der Waals surface area contributed by atoms with Crippen molar-refractivity contribution in [2.75, 3.05) is 0 Å². The molecule has 0 unspecified atom stereocenters.